The summed E-state index contributed by atoms with van der Waals surface area (Å²) < 4.78 is 10.7. The fourth-order valence-corrected chi connectivity index (χ4v) is 2.40. The number of halogens is 1. The Balaban J connectivity index is 1.69. The molecule has 0 radical (unpaired) electrons. The van der Waals surface area contributed by atoms with Crippen LogP contribution >= 0.6 is 11.6 Å². The van der Waals surface area contributed by atoms with Crippen molar-refractivity contribution in [3.05, 3.63) is 28.8 Å². The molecule has 0 aromatic heterocycles. The van der Waals surface area contributed by atoms with Crippen LogP contribution in [0.5, 0.6) is 5.75 Å². The predicted octanol–water partition coefficient (Wildman–Crippen LogP) is 1.93. The summed E-state index contributed by atoms with van der Waals surface area (Å²) >= 11 is 5.94. The third-order valence-electron chi connectivity index (χ3n) is 3.68. The van der Waals surface area contributed by atoms with Gasteiger partial charge in [0.25, 0.3) is 0 Å². The molecule has 22 heavy (non-hydrogen) atoms. The molecular formula is C16H22ClNO4. The van der Waals surface area contributed by atoms with Gasteiger partial charge in [-0.15, -0.1) is 0 Å². The zero-order chi connectivity index (χ0) is 15.9. The van der Waals surface area contributed by atoms with Gasteiger partial charge in [0.15, 0.2) is 0 Å². The second kappa shape index (κ2) is 8.36. The number of ether oxygens (including phenoxy) is 2. The van der Waals surface area contributed by atoms with Crippen LogP contribution in [0.25, 0.3) is 0 Å². The van der Waals surface area contributed by atoms with E-state index in [0.717, 1.165) is 18.4 Å². The Morgan fingerprint density at radius 3 is 2.91 bits per heavy atom. The maximum Gasteiger partial charge on any atom is 0.223 e. The van der Waals surface area contributed by atoms with Crippen molar-refractivity contribution in [2.45, 2.75) is 25.9 Å². The highest BCUT2D eigenvalue weighted by atomic mass is 35.5. The van der Waals surface area contributed by atoms with Crippen molar-refractivity contribution in [1.82, 2.24) is 5.32 Å². The number of aryl methyl sites for hydroxylation is 1. The number of amides is 1. The summed E-state index contributed by atoms with van der Waals surface area (Å²) in [6.07, 6.45) is 0.727. The summed E-state index contributed by atoms with van der Waals surface area (Å²) in [5.41, 5.74) is 0.918. The maximum atomic E-state index is 11.9. The highest BCUT2D eigenvalue weighted by Gasteiger charge is 2.21. The number of carbonyl (C=O) groups excluding carboxylic acids is 1. The minimum atomic E-state index is -0.750. The molecule has 2 N–H and O–H groups in total. The van der Waals surface area contributed by atoms with Crippen LogP contribution in [0.2, 0.25) is 5.02 Å². The Kier molecular flexibility index (Phi) is 6.49. The summed E-state index contributed by atoms with van der Waals surface area (Å²) in [6, 6.07) is 5.32. The van der Waals surface area contributed by atoms with Crippen molar-refractivity contribution in [2.75, 3.05) is 26.4 Å². The summed E-state index contributed by atoms with van der Waals surface area (Å²) in [5, 5.41) is 13.3. The molecule has 5 nitrogen and oxygen atoms in total. The molecule has 1 unspecified atom stereocenters. The first-order chi connectivity index (χ1) is 10.6. The average Bonchev–Trinajstić information content (AvgIpc) is 2.54. The maximum absolute atomic E-state index is 11.9. The number of aliphatic hydroxyl groups excluding tert-OH is 1. The predicted molar refractivity (Wildman–Crippen MR) is 84.2 cm³/mol. The van der Waals surface area contributed by atoms with Gasteiger partial charge in [0, 0.05) is 30.7 Å². The standard InChI is InChI=1S/C16H22ClNO4/c1-11-8-14(2-3-15(11)17)22-10-13(19)9-18-16(20)12-4-6-21-7-5-12/h2-3,8,12-13,19H,4-7,9-10H2,1H3,(H,18,20). The van der Waals surface area contributed by atoms with Gasteiger partial charge in [-0.05, 0) is 43.5 Å². The van der Waals surface area contributed by atoms with E-state index in [9.17, 15) is 9.90 Å². The first-order valence-electron chi connectivity index (χ1n) is 7.48. The molecule has 1 amide bonds. The molecule has 1 fully saturated rings. The monoisotopic (exact) mass is 327 g/mol. The first-order valence-corrected chi connectivity index (χ1v) is 7.86. The van der Waals surface area contributed by atoms with E-state index in [1.165, 1.54) is 0 Å². The minimum absolute atomic E-state index is 0.0132. The lowest BCUT2D eigenvalue weighted by Crippen LogP contribution is -2.40. The van der Waals surface area contributed by atoms with Crippen LogP contribution in [-0.2, 0) is 9.53 Å². The largest absolute Gasteiger partial charge is 0.491 e. The summed E-state index contributed by atoms with van der Waals surface area (Å²) in [5.74, 6) is 0.613. The second-order valence-electron chi connectivity index (χ2n) is 5.51. The van der Waals surface area contributed by atoms with E-state index in [4.69, 9.17) is 21.1 Å². The van der Waals surface area contributed by atoms with Crippen LogP contribution in [0.15, 0.2) is 18.2 Å². The highest BCUT2D eigenvalue weighted by Crippen LogP contribution is 2.21. The van der Waals surface area contributed by atoms with Gasteiger partial charge in [0.2, 0.25) is 5.91 Å². The van der Waals surface area contributed by atoms with Crippen molar-refractivity contribution >= 4 is 17.5 Å². The molecule has 1 aromatic rings. The summed E-state index contributed by atoms with van der Waals surface area (Å²) in [4.78, 5) is 11.9. The number of nitrogens with one attached hydrogen (secondary N) is 1. The van der Waals surface area contributed by atoms with Gasteiger partial charge < -0.3 is 19.9 Å². The van der Waals surface area contributed by atoms with E-state index in [2.05, 4.69) is 5.32 Å². The highest BCUT2D eigenvalue weighted by molar-refractivity contribution is 6.31. The van der Waals surface area contributed by atoms with Gasteiger partial charge in [0.05, 0.1) is 0 Å². The summed E-state index contributed by atoms with van der Waals surface area (Å²) in [7, 11) is 0. The molecule has 122 valence electrons. The van der Waals surface area contributed by atoms with Crippen molar-refractivity contribution in [1.29, 1.82) is 0 Å². The molecular weight excluding hydrogens is 306 g/mol. The molecule has 0 saturated carbocycles. The molecule has 1 aromatic carbocycles. The third kappa shape index (κ3) is 5.16. The van der Waals surface area contributed by atoms with E-state index in [-0.39, 0.29) is 25.0 Å². The molecule has 2 rings (SSSR count). The topological polar surface area (TPSA) is 67.8 Å². The molecule has 0 aliphatic carbocycles. The number of carbonyl (C=O) groups is 1. The van der Waals surface area contributed by atoms with Crippen LogP contribution in [0.3, 0.4) is 0 Å². The van der Waals surface area contributed by atoms with Crippen LogP contribution in [-0.4, -0.2) is 43.5 Å². The van der Waals surface area contributed by atoms with Gasteiger partial charge in [-0.25, -0.2) is 0 Å². The van der Waals surface area contributed by atoms with Gasteiger partial charge in [-0.2, -0.15) is 0 Å². The minimum Gasteiger partial charge on any atom is -0.491 e. The Morgan fingerprint density at radius 1 is 1.50 bits per heavy atom. The van der Waals surface area contributed by atoms with Gasteiger partial charge in [-0.1, -0.05) is 11.6 Å². The Labute approximate surface area is 135 Å². The zero-order valence-electron chi connectivity index (χ0n) is 12.7. The lowest BCUT2D eigenvalue weighted by Gasteiger charge is -2.22. The molecule has 6 heteroatoms. The van der Waals surface area contributed by atoms with Crippen molar-refractivity contribution in [3.63, 3.8) is 0 Å². The van der Waals surface area contributed by atoms with Gasteiger partial charge in [-0.3, -0.25) is 4.79 Å². The van der Waals surface area contributed by atoms with Crippen molar-refractivity contribution in [2.24, 2.45) is 5.92 Å². The molecule has 1 heterocycles. The SMILES string of the molecule is Cc1cc(OCC(O)CNC(=O)C2CCOCC2)ccc1Cl. The van der Waals surface area contributed by atoms with Crippen LogP contribution in [0.4, 0.5) is 0 Å². The lowest BCUT2D eigenvalue weighted by molar-refractivity contribution is -0.128. The molecule has 1 aliphatic heterocycles. The second-order valence-corrected chi connectivity index (χ2v) is 5.91. The normalized spacial score (nSPS) is 17.0. The third-order valence-corrected chi connectivity index (χ3v) is 4.10. The van der Waals surface area contributed by atoms with E-state index in [1.54, 1.807) is 12.1 Å². The van der Waals surface area contributed by atoms with Gasteiger partial charge >= 0.3 is 0 Å². The number of hydrogen-bond acceptors (Lipinski definition) is 4. The van der Waals surface area contributed by atoms with Crippen molar-refractivity contribution < 1.29 is 19.4 Å². The molecule has 0 spiro atoms. The molecule has 1 atom stereocenters. The molecule has 1 aliphatic rings. The number of benzene rings is 1. The fraction of sp³-hybridized carbons (Fsp3) is 0.562. The molecule has 0 bridgehead atoms. The first kappa shape index (κ1) is 17.1. The van der Waals surface area contributed by atoms with Crippen molar-refractivity contribution in [3.8, 4) is 5.75 Å². The Hall–Kier alpha value is -1.30. The average molecular weight is 328 g/mol. The van der Waals surface area contributed by atoms with E-state index < -0.39 is 6.10 Å². The van der Waals surface area contributed by atoms with Crippen LogP contribution in [0.1, 0.15) is 18.4 Å². The fourth-order valence-electron chi connectivity index (χ4n) is 2.28. The number of aliphatic hydroxyl groups is 1. The smallest absolute Gasteiger partial charge is 0.223 e. The Morgan fingerprint density at radius 2 is 2.23 bits per heavy atom. The lowest BCUT2D eigenvalue weighted by atomic mass is 9.99. The zero-order valence-corrected chi connectivity index (χ0v) is 13.4. The molecule has 1 saturated heterocycles. The summed E-state index contributed by atoms with van der Waals surface area (Å²) in [6.45, 7) is 3.44. The van der Waals surface area contributed by atoms with Gasteiger partial charge in [0.1, 0.15) is 18.5 Å². The van der Waals surface area contributed by atoms with Crippen LogP contribution in [0, 0.1) is 12.8 Å². The van der Waals surface area contributed by atoms with E-state index in [0.29, 0.717) is 24.0 Å². The quantitative estimate of drug-likeness (QED) is 0.838. The number of hydrogen-bond donors (Lipinski definition) is 2. The Bertz CT molecular complexity index is 503. The van der Waals surface area contributed by atoms with E-state index >= 15 is 0 Å². The number of rotatable bonds is 6. The van der Waals surface area contributed by atoms with E-state index in [1.807, 2.05) is 13.0 Å². The van der Waals surface area contributed by atoms with Crippen LogP contribution < -0.4 is 10.1 Å².